The van der Waals surface area contributed by atoms with Gasteiger partial charge in [0.25, 0.3) is 0 Å². The molecule has 184 valence electrons. The summed E-state index contributed by atoms with van der Waals surface area (Å²) in [5.74, 6) is -1.59. The zero-order valence-corrected chi connectivity index (χ0v) is 19.9. The molecular weight excluding hydrogens is 444 g/mol. The number of carboxylic acids is 1. The third-order valence-electron chi connectivity index (χ3n) is 6.76. The molecule has 0 aromatic heterocycles. The first-order chi connectivity index (χ1) is 17.0. The smallest absolute Gasteiger partial charge is 0.407 e. The van der Waals surface area contributed by atoms with Crippen LogP contribution in [0, 0.1) is 5.92 Å². The number of hydrogen-bond acceptors (Lipinski definition) is 4. The van der Waals surface area contributed by atoms with E-state index in [4.69, 9.17) is 4.74 Å². The van der Waals surface area contributed by atoms with Gasteiger partial charge in [0, 0.05) is 24.4 Å². The molecule has 0 fully saturated rings. The second kappa shape index (κ2) is 11.2. The molecule has 0 saturated carbocycles. The highest BCUT2D eigenvalue weighted by molar-refractivity contribution is 5.80. The summed E-state index contributed by atoms with van der Waals surface area (Å²) in [5.41, 5.74) is 4.62. The molecule has 2 aromatic carbocycles. The number of carbonyl (C=O) groups excluding carboxylic acids is 2. The van der Waals surface area contributed by atoms with Gasteiger partial charge in [-0.15, -0.1) is 0 Å². The van der Waals surface area contributed by atoms with Crippen LogP contribution in [-0.2, 0) is 14.3 Å². The van der Waals surface area contributed by atoms with Crippen LogP contribution in [0.2, 0.25) is 0 Å². The molecule has 3 N–H and O–H groups in total. The number of allylic oxidation sites excluding steroid dienone is 1. The van der Waals surface area contributed by atoms with Crippen LogP contribution < -0.4 is 10.6 Å². The largest absolute Gasteiger partial charge is 0.481 e. The Labute approximate surface area is 205 Å². The van der Waals surface area contributed by atoms with Crippen molar-refractivity contribution in [3.8, 4) is 11.1 Å². The quantitative estimate of drug-likeness (QED) is 0.458. The normalized spacial score (nSPS) is 19.3. The zero-order chi connectivity index (χ0) is 24.8. The van der Waals surface area contributed by atoms with Gasteiger partial charge in [0.1, 0.15) is 6.61 Å². The minimum atomic E-state index is -0.852. The predicted octanol–water partition coefficient (Wildman–Crippen LogP) is 4.62. The van der Waals surface area contributed by atoms with Crippen LogP contribution in [-0.4, -0.2) is 41.8 Å². The van der Waals surface area contributed by atoms with Crippen LogP contribution in [0.3, 0.4) is 0 Å². The SMILES string of the molecule is CCCC(CC(=O)NC1C=CCC(C(=O)O)C1)NC(=O)OCC1c2ccccc2-c2ccccc21. The monoisotopic (exact) mass is 476 g/mol. The summed E-state index contributed by atoms with van der Waals surface area (Å²) in [6.07, 6.45) is 5.49. The van der Waals surface area contributed by atoms with Crippen molar-refractivity contribution in [3.05, 3.63) is 71.8 Å². The standard InChI is InChI=1S/C28H32N2O5/c1-2-8-19(16-26(31)29-20-10-7-9-18(15-20)27(32)33)30-28(34)35-17-25-23-13-5-3-11-21(23)22-12-4-6-14-24(22)25/h3-7,10-14,18-20,25H,2,8-9,15-17H2,1H3,(H,29,31)(H,30,34)(H,32,33). The molecule has 2 aromatic rings. The summed E-state index contributed by atoms with van der Waals surface area (Å²) in [6, 6.07) is 15.7. The van der Waals surface area contributed by atoms with Crippen LogP contribution in [0.15, 0.2) is 60.7 Å². The summed E-state index contributed by atoms with van der Waals surface area (Å²) in [4.78, 5) is 36.5. The molecule has 2 aliphatic rings. The minimum Gasteiger partial charge on any atom is -0.481 e. The number of amides is 2. The second-order valence-electron chi connectivity index (χ2n) is 9.27. The number of aliphatic carboxylic acids is 1. The van der Waals surface area contributed by atoms with Crippen LogP contribution in [0.4, 0.5) is 4.79 Å². The van der Waals surface area contributed by atoms with Crippen molar-refractivity contribution >= 4 is 18.0 Å². The number of hydrogen-bond donors (Lipinski definition) is 3. The maximum absolute atomic E-state index is 12.7. The number of ether oxygens (including phenoxy) is 1. The van der Waals surface area contributed by atoms with Crippen LogP contribution >= 0.6 is 0 Å². The molecule has 2 aliphatic carbocycles. The number of benzene rings is 2. The molecular formula is C28H32N2O5. The predicted molar refractivity (Wildman–Crippen MR) is 133 cm³/mol. The van der Waals surface area contributed by atoms with E-state index in [1.54, 1.807) is 6.08 Å². The van der Waals surface area contributed by atoms with Crippen molar-refractivity contribution in [1.82, 2.24) is 10.6 Å². The molecule has 2 amide bonds. The van der Waals surface area contributed by atoms with Crippen LogP contribution in [0.25, 0.3) is 11.1 Å². The third kappa shape index (κ3) is 5.91. The average molecular weight is 477 g/mol. The fraction of sp³-hybridized carbons (Fsp3) is 0.393. The van der Waals surface area contributed by atoms with Crippen molar-refractivity contribution in [2.45, 2.75) is 57.0 Å². The van der Waals surface area contributed by atoms with E-state index in [1.165, 1.54) is 11.1 Å². The van der Waals surface area contributed by atoms with Gasteiger partial charge in [0.2, 0.25) is 5.91 Å². The molecule has 0 heterocycles. The van der Waals surface area contributed by atoms with E-state index < -0.39 is 18.0 Å². The molecule has 7 heteroatoms. The Morgan fingerprint density at radius 3 is 2.34 bits per heavy atom. The first-order valence-electron chi connectivity index (χ1n) is 12.3. The lowest BCUT2D eigenvalue weighted by molar-refractivity contribution is -0.142. The summed E-state index contributed by atoms with van der Waals surface area (Å²) >= 11 is 0. The second-order valence-corrected chi connectivity index (χ2v) is 9.27. The van der Waals surface area contributed by atoms with Gasteiger partial charge in [-0.3, -0.25) is 9.59 Å². The molecule has 0 saturated heterocycles. The maximum atomic E-state index is 12.7. The molecule has 3 unspecified atom stereocenters. The molecule has 0 bridgehead atoms. The summed E-state index contributed by atoms with van der Waals surface area (Å²) in [6.45, 7) is 2.21. The molecule has 7 nitrogen and oxygen atoms in total. The number of carbonyl (C=O) groups is 3. The van der Waals surface area contributed by atoms with E-state index in [-0.39, 0.29) is 36.9 Å². The van der Waals surface area contributed by atoms with E-state index in [9.17, 15) is 19.5 Å². The van der Waals surface area contributed by atoms with Gasteiger partial charge >= 0.3 is 12.1 Å². The van der Waals surface area contributed by atoms with E-state index in [2.05, 4.69) is 34.9 Å². The highest BCUT2D eigenvalue weighted by Gasteiger charge is 2.30. The van der Waals surface area contributed by atoms with Crippen molar-refractivity contribution < 1.29 is 24.2 Å². The van der Waals surface area contributed by atoms with Crippen molar-refractivity contribution in [3.63, 3.8) is 0 Å². The van der Waals surface area contributed by atoms with Gasteiger partial charge in [-0.05, 0) is 41.5 Å². The van der Waals surface area contributed by atoms with E-state index in [1.807, 2.05) is 37.3 Å². The Bertz CT molecular complexity index is 1070. The molecule has 3 atom stereocenters. The topological polar surface area (TPSA) is 105 Å². The Morgan fingerprint density at radius 2 is 1.71 bits per heavy atom. The Balaban J connectivity index is 1.31. The first kappa shape index (κ1) is 24.5. The van der Waals surface area contributed by atoms with Gasteiger partial charge in [-0.25, -0.2) is 4.79 Å². The molecule has 0 spiro atoms. The number of carboxylic acid groups (broad SMARTS) is 1. The molecule has 35 heavy (non-hydrogen) atoms. The van der Waals surface area contributed by atoms with Gasteiger partial charge in [0.05, 0.1) is 5.92 Å². The van der Waals surface area contributed by atoms with Crippen LogP contribution in [0.5, 0.6) is 0 Å². The summed E-state index contributed by atoms with van der Waals surface area (Å²) in [5, 5.41) is 15.0. The average Bonchev–Trinajstić information content (AvgIpc) is 3.16. The highest BCUT2D eigenvalue weighted by atomic mass is 16.5. The number of nitrogens with one attached hydrogen (secondary N) is 2. The van der Waals surface area contributed by atoms with Gasteiger partial charge < -0.3 is 20.5 Å². The van der Waals surface area contributed by atoms with E-state index in [0.717, 1.165) is 17.5 Å². The Kier molecular flexibility index (Phi) is 7.85. The lowest BCUT2D eigenvalue weighted by Crippen LogP contribution is -2.43. The molecule has 0 radical (unpaired) electrons. The Morgan fingerprint density at radius 1 is 1.06 bits per heavy atom. The summed E-state index contributed by atoms with van der Waals surface area (Å²) < 4.78 is 5.63. The van der Waals surface area contributed by atoms with Gasteiger partial charge in [-0.2, -0.15) is 0 Å². The molecule has 4 rings (SSSR count). The fourth-order valence-electron chi connectivity index (χ4n) is 5.07. The number of fused-ring (bicyclic) bond motifs is 3. The number of alkyl carbamates (subject to hydrolysis) is 1. The van der Waals surface area contributed by atoms with Crippen molar-refractivity contribution in [2.24, 2.45) is 5.92 Å². The third-order valence-corrected chi connectivity index (χ3v) is 6.76. The minimum absolute atomic E-state index is 0.0265. The van der Waals surface area contributed by atoms with E-state index in [0.29, 0.717) is 19.3 Å². The van der Waals surface area contributed by atoms with Gasteiger partial charge in [-0.1, -0.05) is 74.0 Å². The van der Waals surface area contributed by atoms with Crippen molar-refractivity contribution in [2.75, 3.05) is 6.61 Å². The summed E-state index contributed by atoms with van der Waals surface area (Å²) in [7, 11) is 0. The number of rotatable bonds is 9. The first-order valence-corrected chi connectivity index (χ1v) is 12.3. The lowest BCUT2D eigenvalue weighted by atomic mass is 9.91. The lowest BCUT2D eigenvalue weighted by Gasteiger charge is -2.24. The maximum Gasteiger partial charge on any atom is 0.407 e. The Hall–Kier alpha value is -3.61. The van der Waals surface area contributed by atoms with Gasteiger partial charge in [0.15, 0.2) is 0 Å². The molecule has 0 aliphatic heterocycles. The fourth-order valence-corrected chi connectivity index (χ4v) is 5.07. The zero-order valence-electron chi connectivity index (χ0n) is 19.9. The van der Waals surface area contributed by atoms with E-state index >= 15 is 0 Å². The highest BCUT2D eigenvalue weighted by Crippen LogP contribution is 2.44. The van der Waals surface area contributed by atoms with Crippen LogP contribution in [0.1, 0.15) is 56.1 Å². The van der Waals surface area contributed by atoms with Crippen molar-refractivity contribution in [1.29, 1.82) is 0 Å².